The molecule has 0 fully saturated rings. The van der Waals surface area contributed by atoms with Crippen LogP contribution in [0.5, 0.6) is 0 Å². The molecule has 1 nitrogen and oxygen atoms in total. The van der Waals surface area contributed by atoms with Crippen LogP contribution in [-0.4, -0.2) is 6.54 Å². The minimum atomic E-state index is -2.91. The van der Waals surface area contributed by atoms with Crippen molar-refractivity contribution in [1.82, 2.24) is 5.32 Å². The third-order valence-electron chi connectivity index (χ3n) is 2.16. The van der Waals surface area contributed by atoms with E-state index in [0.29, 0.717) is 17.1 Å². The maximum absolute atomic E-state index is 13.4. The molecule has 0 aliphatic carbocycles. The molecular formula is C9H7Cl2F2N. The van der Waals surface area contributed by atoms with Gasteiger partial charge in [0.15, 0.2) is 0 Å². The Labute approximate surface area is 90.0 Å². The molecule has 2 rings (SSSR count). The highest BCUT2D eigenvalue weighted by Crippen LogP contribution is 2.39. The Balaban J connectivity index is 2.63. The third-order valence-corrected chi connectivity index (χ3v) is 2.68. The molecule has 0 saturated heterocycles. The fourth-order valence-corrected chi connectivity index (χ4v) is 2.29. The lowest BCUT2D eigenvalue weighted by Crippen LogP contribution is -2.37. The second-order valence-corrected chi connectivity index (χ2v) is 4.07. The SMILES string of the molecule is FC1(F)CNCc2cc(Cl)cc(Cl)c21. The minimum absolute atomic E-state index is 0.0407. The van der Waals surface area contributed by atoms with Crippen molar-refractivity contribution in [2.24, 2.45) is 0 Å². The summed E-state index contributed by atoms with van der Waals surface area (Å²) in [5, 5.41) is 3.04. The fraction of sp³-hybridized carbons (Fsp3) is 0.333. The quantitative estimate of drug-likeness (QED) is 0.731. The van der Waals surface area contributed by atoms with E-state index >= 15 is 0 Å². The van der Waals surface area contributed by atoms with Gasteiger partial charge in [-0.25, -0.2) is 0 Å². The summed E-state index contributed by atoms with van der Waals surface area (Å²) in [5.41, 5.74) is 0.376. The van der Waals surface area contributed by atoms with Crippen LogP contribution in [0.1, 0.15) is 11.1 Å². The second kappa shape index (κ2) is 3.33. The summed E-state index contributed by atoms with van der Waals surface area (Å²) >= 11 is 11.5. The lowest BCUT2D eigenvalue weighted by Gasteiger charge is -2.27. The number of hydrogen-bond acceptors (Lipinski definition) is 1. The van der Waals surface area contributed by atoms with Gasteiger partial charge in [0.2, 0.25) is 0 Å². The van der Waals surface area contributed by atoms with Gasteiger partial charge in [0.05, 0.1) is 11.6 Å². The zero-order valence-electron chi connectivity index (χ0n) is 7.08. The molecule has 1 aliphatic rings. The number of halogens is 4. The van der Waals surface area contributed by atoms with Crippen LogP contribution >= 0.6 is 23.2 Å². The Morgan fingerprint density at radius 2 is 2.00 bits per heavy atom. The van der Waals surface area contributed by atoms with E-state index in [-0.39, 0.29) is 17.1 Å². The van der Waals surface area contributed by atoms with Gasteiger partial charge in [-0.05, 0) is 17.7 Å². The van der Waals surface area contributed by atoms with Crippen molar-refractivity contribution in [3.05, 3.63) is 33.3 Å². The second-order valence-electron chi connectivity index (χ2n) is 3.23. The van der Waals surface area contributed by atoms with Crippen molar-refractivity contribution in [2.45, 2.75) is 12.5 Å². The highest BCUT2D eigenvalue weighted by atomic mass is 35.5. The van der Waals surface area contributed by atoms with Crippen LogP contribution in [0.3, 0.4) is 0 Å². The molecule has 1 aromatic rings. The topological polar surface area (TPSA) is 12.0 Å². The average molecular weight is 238 g/mol. The summed E-state index contributed by atoms with van der Waals surface area (Å²) < 4.78 is 26.8. The van der Waals surface area contributed by atoms with E-state index in [2.05, 4.69) is 5.32 Å². The molecule has 1 N–H and O–H groups in total. The molecule has 1 heterocycles. The Morgan fingerprint density at radius 1 is 1.29 bits per heavy atom. The van der Waals surface area contributed by atoms with Crippen LogP contribution in [0.25, 0.3) is 0 Å². The van der Waals surface area contributed by atoms with Crippen molar-refractivity contribution >= 4 is 23.2 Å². The van der Waals surface area contributed by atoms with Gasteiger partial charge in [0.25, 0.3) is 5.92 Å². The molecule has 0 atom stereocenters. The molecule has 5 heteroatoms. The van der Waals surface area contributed by atoms with Gasteiger partial charge in [-0.1, -0.05) is 23.2 Å². The highest BCUT2D eigenvalue weighted by Gasteiger charge is 2.38. The first-order valence-corrected chi connectivity index (χ1v) is 4.83. The Kier molecular flexibility index (Phi) is 2.41. The number of benzene rings is 1. The predicted molar refractivity (Wildman–Crippen MR) is 52.1 cm³/mol. The molecule has 0 unspecified atom stereocenters. The zero-order valence-corrected chi connectivity index (χ0v) is 8.59. The minimum Gasteiger partial charge on any atom is -0.307 e. The van der Waals surface area contributed by atoms with Gasteiger partial charge < -0.3 is 5.32 Å². The molecule has 0 radical (unpaired) electrons. The first-order chi connectivity index (χ1) is 6.50. The normalized spacial score (nSPS) is 19.1. The van der Waals surface area contributed by atoms with E-state index in [4.69, 9.17) is 23.2 Å². The van der Waals surface area contributed by atoms with Gasteiger partial charge in [0.1, 0.15) is 0 Å². The van der Waals surface area contributed by atoms with Crippen LogP contribution in [0.15, 0.2) is 12.1 Å². The fourth-order valence-electron chi connectivity index (χ4n) is 1.62. The van der Waals surface area contributed by atoms with Crippen LogP contribution in [0.4, 0.5) is 8.78 Å². The van der Waals surface area contributed by atoms with Crippen molar-refractivity contribution in [3.63, 3.8) is 0 Å². The number of rotatable bonds is 0. The summed E-state index contributed by atoms with van der Waals surface area (Å²) in [6, 6.07) is 2.87. The maximum atomic E-state index is 13.4. The van der Waals surface area contributed by atoms with E-state index in [0.717, 1.165) is 0 Å². The molecule has 76 valence electrons. The maximum Gasteiger partial charge on any atom is 0.287 e. The summed E-state index contributed by atoms with van der Waals surface area (Å²) in [7, 11) is 0. The highest BCUT2D eigenvalue weighted by molar-refractivity contribution is 6.35. The Morgan fingerprint density at radius 3 is 2.71 bits per heavy atom. The van der Waals surface area contributed by atoms with Crippen LogP contribution in [0.2, 0.25) is 10.0 Å². The lowest BCUT2D eigenvalue weighted by molar-refractivity contribution is -0.0106. The summed E-state index contributed by atoms with van der Waals surface area (Å²) in [6.07, 6.45) is 0. The van der Waals surface area contributed by atoms with Crippen molar-refractivity contribution in [1.29, 1.82) is 0 Å². The monoisotopic (exact) mass is 237 g/mol. The molecule has 1 aliphatic heterocycles. The third kappa shape index (κ3) is 1.60. The number of nitrogens with one attached hydrogen (secondary N) is 1. The van der Waals surface area contributed by atoms with Crippen molar-refractivity contribution < 1.29 is 8.78 Å². The van der Waals surface area contributed by atoms with Crippen LogP contribution in [0, 0.1) is 0 Å². The summed E-state index contributed by atoms with van der Waals surface area (Å²) in [5.74, 6) is -2.91. The first-order valence-electron chi connectivity index (χ1n) is 4.07. The van der Waals surface area contributed by atoms with Gasteiger partial charge in [0, 0.05) is 17.1 Å². The zero-order chi connectivity index (χ0) is 10.3. The number of alkyl halides is 2. The van der Waals surface area contributed by atoms with Gasteiger partial charge in [-0.15, -0.1) is 0 Å². The van der Waals surface area contributed by atoms with Crippen LogP contribution < -0.4 is 5.32 Å². The summed E-state index contributed by atoms with van der Waals surface area (Å²) in [4.78, 5) is 0. The molecule has 0 saturated carbocycles. The number of hydrogen-bond donors (Lipinski definition) is 1. The van der Waals surface area contributed by atoms with Crippen LogP contribution in [-0.2, 0) is 12.5 Å². The summed E-state index contributed by atoms with van der Waals surface area (Å²) in [6.45, 7) is 0.00650. The average Bonchev–Trinajstić information content (AvgIpc) is 2.00. The molecular weight excluding hydrogens is 231 g/mol. The van der Waals surface area contributed by atoms with E-state index in [1.165, 1.54) is 12.1 Å². The van der Waals surface area contributed by atoms with Gasteiger partial charge in [-0.2, -0.15) is 8.78 Å². The molecule has 0 aromatic heterocycles. The molecule has 0 bridgehead atoms. The van der Waals surface area contributed by atoms with Gasteiger partial charge >= 0.3 is 0 Å². The number of fused-ring (bicyclic) bond motifs is 1. The molecule has 1 aromatic carbocycles. The molecule has 14 heavy (non-hydrogen) atoms. The Bertz CT molecular complexity index is 379. The Hall–Kier alpha value is -0.380. The molecule has 0 spiro atoms. The first kappa shape index (κ1) is 10.1. The smallest absolute Gasteiger partial charge is 0.287 e. The largest absolute Gasteiger partial charge is 0.307 e. The van der Waals surface area contributed by atoms with Crippen molar-refractivity contribution in [3.8, 4) is 0 Å². The van der Waals surface area contributed by atoms with Gasteiger partial charge in [-0.3, -0.25) is 0 Å². The lowest BCUT2D eigenvalue weighted by atomic mass is 9.98. The van der Waals surface area contributed by atoms with E-state index in [9.17, 15) is 8.78 Å². The van der Waals surface area contributed by atoms with E-state index in [1.807, 2.05) is 0 Å². The standard InChI is InChI=1S/C9H7Cl2F2N/c10-6-1-5-3-14-4-9(12,13)8(5)7(11)2-6/h1-2,14H,3-4H2. The molecule has 0 amide bonds. The predicted octanol–water partition coefficient (Wildman–Crippen LogP) is 3.19. The van der Waals surface area contributed by atoms with E-state index in [1.54, 1.807) is 0 Å². The van der Waals surface area contributed by atoms with Crippen molar-refractivity contribution in [2.75, 3.05) is 6.54 Å². The van der Waals surface area contributed by atoms with E-state index < -0.39 is 5.92 Å².